The van der Waals surface area contributed by atoms with E-state index in [0.29, 0.717) is 69.6 Å². The number of benzene rings is 4. The molecule has 28 heteroatoms. The van der Waals surface area contributed by atoms with Gasteiger partial charge in [0.25, 0.3) is 0 Å². The molecule has 4 aromatic rings. The van der Waals surface area contributed by atoms with E-state index in [0.717, 1.165) is 87.0 Å². The van der Waals surface area contributed by atoms with Gasteiger partial charge in [-0.15, -0.1) is 0 Å². The normalized spacial score (nSPS) is 20.5. The zero-order valence-corrected chi connectivity index (χ0v) is 56.4. The molecule has 2 fully saturated rings. The number of nitrogens with zero attached hydrogens (tertiary/aromatic N) is 4. The van der Waals surface area contributed by atoms with Crippen molar-refractivity contribution >= 4 is 78.5 Å². The zero-order chi connectivity index (χ0) is 64.2. The number of urea groups is 2. The van der Waals surface area contributed by atoms with Gasteiger partial charge in [-0.25, -0.2) is 35.9 Å². The molecule has 0 spiro atoms. The van der Waals surface area contributed by atoms with E-state index in [4.69, 9.17) is 74.8 Å². The molecule has 2 aliphatic carbocycles. The third kappa shape index (κ3) is 21.1. The van der Waals surface area contributed by atoms with Crippen molar-refractivity contribution in [1.82, 2.24) is 50.3 Å². The van der Waals surface area contributed by atoms with Crippen molar-refractivity contribution in [2.24, 2.45) is 0 Å². The lowest BCUT2D eigenvalue weighted by Gasteiger charge is -2.41. The third-order valence-electron chi connectivity index (χ3n) is 16.6. The van der Waals surface area contributed by atoms with Gasteiger partial charge in [0.05, 0.1) is 74.7 Å². The van der Waals surface area contributed by atoms with Crippen LogP contribution in [0.2, 0.25) is 20.1 Å². The minimum Gasteiger partial charge on any atom is -0.484 e. The second-order valence-corrected chi connectivity index (χ2v) is 28.5. The van der Waals surface area contributed by atoms with E-state index in [9.17, 15) is 26.4 Å². The molecule has 0 aromatic heterocycles. The van der Waals surface area contributed by atoms with Gasteiger partial charge < -0.3 is 59.5 Å². The van der Waals surface area contributed by atoms with E-state index in [1.807, 2.05) is 12.1 Å². The number of amides is 4. The van der Waals surface area contributed by atoms with Crippen LogP contribution in [0.3, 0.4) is 0 Å². The molecule has 0 saturated carbocycles. The number of rotatable bonds is 35. The highest BCUT2D eigenvalue weighted by molar-refractivity contribution is 7.89. The number of piperidine rings is 2. The molecule has 0 unspecified atom stereocenters. The highest BCUT2D eigenvalue weighted by atomic mass is 35.5. The maximum absolute atomic E-state index is 13.1. The lowest BCUT2D eigenvalue weighted by Crippen LogP contribution is -2.51. The molecule has 2 saturated heterocycles. The summed E-state index contributed by atoms with van der Waals surface area (Å²) in [6.45, 7) is 7.04. The number of nitrogens with one attached hydrogen (secondary N) is 6. The number of hydrogen-bond acceptors (Lipinski definition) is 16. The Morgan fingerprint density at radius 1 is 0.500 bits per heavy atom. The number of sulfonamides is 2. The summed E-state index contributed by atoms with van der Waals surface area (Å²) < 4.78 is 93.0. The fourth-order valence-electron chi connectivity index (χ4n) is 11.8. The van der Waals surface area contributed by atoms with Crippen molar-refractivity contribution in [2.75, 3.05) is 146 Å². The van der Waals surface area contributed by atoms with Crippen LogP contribution in [0.5, 0.6) is 11.5 Å². The van der Waals surface area contributed by atoms with Crippen LogP contribution < -0.4 is 40.2 Å². The van der Waals surface area contributed by atoms with Gasteiger partial charge in [0.15, 0.2) is 0 Å². The molecule has 498 valence electrons. The number of likely N-dealkylation sites (N-methyl/N-ethyl adjacent to an activating group) is 2. The van der Waals surface area contributed by atoms with E-state index < -0.39 is 20.0 Å². The van der Waals surface area contributed by atoms with Crippen molar-refractivity contribution in [2.45, 2.75) is 97.5 Å². The number of unbranched alkanes of at least 4 members (excludes halogenated alkanes) is 1. The number of ether oxygens (including phenoxy) is 6. The number of carbonyl (C=O) groups is 2. The van der Waals surface area contributed by atoms with Crippen molar-refractivity contribution in [3.8, 4) is 11.5 Å². The summed E-state index contributed by atoms with van der Waals surface area (Å²) in [5, 5.41) is 13.3. The quantitative estimate of drug-likeness (QED) is 0.0251. The second-order valence-electron chi connectivity index (χ2n) is 23.3. The van der Waals surface area contributed by atoms with E-state index >= 15 is 0 Å². The summed E-state index contributed by atoms with van der Waals surface area (Å²) in [4.78, 5) is 34.1. The van der Waals surface area contributed by atoms with Crippen LogP contribution in [0.1, 0.15) is 73.0 Å². The van der Waals surface area contributed by atoms with Gasteiger partial charge in [-0.3, -0.25) is 9.80 Å². The summed E-state index contributed by atoms with van der Waals surface area (Å²) in [7, 11) is 0.820. The fraction of sp³-hybridized carbons (Fsp3) is 0.581. The van der Waals surface area contributed by atoms with Crippen LogP contribution in [0.15, 0.2) is 82.6 Å². The van der Waals surface area contributed by atoms with Gasteiger partial charge in [0, 0.05) is 95.7 Å². The molecule has 2 heterocycles. The molecular weight excluding hydrogens is 1280 g/mol. The van der Waals surface area contributed by atoms with Crippen molar-refractivity contribution < 1.29 is 54.8 Å². The maximum Gasteiger partial charge on any atom is 0.314 e. The van der Waals surface area contributed by atoms with E-state index in [1.165, 1.54) is 24.3 Å². The SMILES string of the molecule is CN(C)[C@@H]1CCCN([C@H]2Cc3c(Cl)cc(Cl)cc3[C@@H]2Oc2ccc(S(=O)(=O)NCCOCCOCCNC(=O)NCCCCNC(=O)NCCOCCOCCNS(=O)(=O)c3ccc(O[C@H]4c5cc(Cl)cc(Cl)c5C[C@@H]4N4CCC[C@@H](N(C)C)C4)cc3)cc2)C1. The summed E-state index contributed by atoms with van der Waals surface area (Å²) in [5.41, 5.74) is 3.96. The third-order valence-corrected chi connectivity index (χ3v) is 20.7. The monoisotopic (exact) mass is 1370 g/mol. The molecule has 4 aliphatic rings. The fourth-order valence-corrected chi connectivity index (χ4v) is 15.0. The Morgan fingerprint density at radius 2 is 0.856 bits per heavy atom. The molecule has 6 atom stereocenters. The molecule has 22 nitrogen and oxygen atoms in total. The molecule has 90 heavy (non-hydrogen) atoms. The average Bonchev–Trinajstić information content (AvgIpc) is 1.64. The van der Waals surface area contributed by atoms with Gasteiger partial charge in [-0.1, -0.05) is 46.4 Å². The number of hydrogen-bond donors (Lipinski definition) is 6. The van der Waals surface area contributed by atoms with Crippen LogP contribution in [0.4, 0.5) is 9.59 Å². The largest absolute Gasteiger partial charge is 0.484 e. The Kier molecular flexibility index (Phi) is 28.0. The summed E-state index contributed by atoms with van der Waals surface area (Å²) in [5.74, 6) is 1.08. The topological polar surface area (TPSA) is 243 Å². The highest BCUT2D eigenvalue weighted by Gasteiger charge is 2.43. The Balaban J connectivity index is 0.588. The average molecular weight is 1370 g/mol. The molecule has 2 aliphatic heterocycles. The lowest BCUT2D eigenvalue weighted by atomic mass is 10.0. The predicted octanol–water partition coefficient (Wildman–Crippen LogP) is 7.14. The number of carbonyl (C=O) groups excluding carboxylic acids is 2. The van der Waals surface area contributed by atoms with E-state index in [2.05, 4.69) is 78.5 Å². The van der Waals surface area contributed by atoms with Crippen LogP contribution in [-0.4, -0.2) is 219 Å². The molecule has 0 bridgehead atoms. The first-order chi connectivity index (χ1) is 43.3. The molecule has 8 rings (SSSR count). The Morgan fingerprint density at radius 3 is 1.22 bits per heavy atom. The van der Waals surface area contributed by atoms with Gasteiger partial charge in [-0.2, -0.15) is 0 Å². The van der Waals surface area contributed by atoms with Crippen LogP contribution in [-0.2, 0) is 51.8 Å². The summed E-state index contributed by atoms with van der Waals surface area (Å²) in [6.07, 6.45) is 6.53. The Hall–Kier alpha value is -4.32. The predicted molar refractivity (Wildman–Crippen MR) is 350 cm³/mol. The molecule has 4 amide bonds. The first-order valence-electron chi connectivity index (χ1n) is 30.9. The summed E-state index contributed by atoms with van der Waals surface area (Å²) >= 11 is 26.3. The molecule has 0 radical (unpaired) electrons. The minimum atomic E-state index is -3.81. The number of halogens is 4. The van der Waals surface area contributed by atoms with E-state index in [-0.39, 0.29) is 125 Å². The van der Waals surface area contributed by atoms with Gasteiger partial charge in [0.2, 0.25) is 20.0 Å². The Bertz CT molecular complexity index is 2970. The minimum absolute atomic E-state index is 0.0477. The zero-order valence-electron chi connectivity index (χ0n) is 51.8. The molecule has 4 aromatic carbocycles. The van der Waals surface area contributed by atoms with E-state index in [1.54, 1.807) is 36.4 Å². The standard InChI is InChI=1S/C62H88Cl4N10O12S2/c1-73(2)45-9-7-25-75(41-45)57-39-51-53(35-43(63)37-55(51)65)59(57)87-47-11-15-49(16-12-47)89(79,80)71-23-29-85-33-31-83-27-21-69-61(77)67-19-5-6-20-68-62(78)70-22-28-84-32-34-86-30-24-72-90(81,82)50-17-13-48(14-18-50)88-60-54-36-44(64)38-56(66)52(54)40-58(60)76-26-8-10-46(42-76)74(3)4/h11-18,35-38,45-46,57-60,71-72H,5-10,19-34,39-42H2,1-4H3,(H2,67,69,77)(H2,68,70,78)/t45-,46-,57+,58+,59+,60+/m1/s1. The van der Waals surface area contributed by atoms with Gasteiger partial charge in [-0.05, 0) is 177 Å². The maximum atomic E-state index is 13.1. The van der Waals surface area contributed by atoms with Crippen molar-refractivity contribution in [3.63, 3.8) is 0 Å². The smallest absolute Gasteiger partial charge is 0.314 e. The number of likely N-dealkylation sites (tertiary alicyclic amines) is 2. The van der Waals surface area contributed by atoms with Crippen molar-refractivity contribution in [3.05, 3.63) is 115 Å². The van der Waals surface area contributed by atoms with Gasteiger partial charge >= 0.3 is 12.1 Å². The highest BCUT2D eigenvalue weighted by Crippen LogP contribution is 2.45. The lowest BCUT2D eigenvalue weighted by molar-refractivity contribution is 0.0380. The van der Waals surface area contributed by atoms with Crippen LogP contribution in [0, 0.1) is 0 Å². The van der Waals surface area contributed by atoms with Crippen LogP contribution >= 0.6 is 46.4 Å². The van der Waals surface area contributed by atoms with Gasteiger partial charge in [0.1, 0.15) is 23.7 Å². The number of fused-ring (bicyclic) bond motifs is 2. The first kappa shape index (κ1) is 71.5. The van der Waals surface area contributed by atoms with Crippen LogP contribution in [0.25, 0.3) is 0 Å². The van der Waals surface area contributed by atoms with Crippen molar-refractivity contribution in [1.29, 1.82) is 0 Å². The second kappa shape index (κ2) is 35.3. The first-order valence-corrected chi connectivity index (χ1v) is 35.4. The molecular formula is C62H88Cl4N10O12S2. The summed E-state index contributed by atoms with van der Waals surface area (Å²) in [6, 6.07) is 20.5. The molecule has 6 N–H and O–H groups in total. The Labute approximate surface area is 551 Å².